The molecule has 0 spiro atoms. The predicted molar refractivity (Wildman–Crippen MR) is 64.4 cm³/mol. The number of halogens is 1. The van der Waals surface area contributed by atoms with Gasteiger partial charge in [0.15, 0.2) is 0 Å². The van der Waals surface area contributed by atoms with Gasteiger partial charge in [-0.15, -0.1) is 0 Å². The lowest BCUT2D eigenvalue weighted by Crippen LogP contribution is -2.41. The molecule has 1 atom stereocenters. The van der Waals surface area contributed by atoms with Gasteiger partial charge in [-0.2, -0.15) is 0 Å². The molecule has 0 aliphatic heterocycles. The highest BCUT2D eigenvalue weighted by Gasteiger charge is 2.23. The van der Waals surface area contributed by atoms with Crippen LogP contribution in [0.3, 0.4) is 0 Å². The van der Waals surface area contributed by atoms with Crippen LogP contribution in [0.5, 0.6) is 5.75 Å². The van der Waals surface area contributed by atoms with Crippen molar-refractivity contribution in [1.29, 1.82) is 0 Å². The molecule has 90 valence electrons. The predicted octanol–water partition coefficient (Wildman–Crippen LogP) is 2.90. The molecule has 1 aromatic carbocycles. The molecule has 1 aromatic rings. The Balaban J connectivity index is 2.81. The van der Waals surface area contributed by atoms with E-state index in [4.69, 9.17) is 4.74 Å². The topological polar surface area (TPSA) is 21.3 Å². The first-order chi connectivity index (χ1) is 7.50. The third kappa shape index (κ3) is 3.20. The average Bonchev–Trinajstić information content (AvgIpc) is 2.24. The Morgan fingerprint density at radius 2 is 2.12 bits per heavy atom. The number of aryl methyl sites for hydroxylation is 1. The molecule has 1 rings (SSSR count). The third-order valence-electron chi connectivity index (χ3n) is 2.81. The molecule has 0 fully saturated rings. The Morgan fingerprint density at radius 1 is 1.44 bits per heavy atom. The maximum atomic E-state index is 13.3. The summed E-state index contributed by atoms with van der Waals surface area (Å²) in [5.74, 6) is 0.364. The molecule has 16 heavy (non-hydrogen) atoms. The summed E-state index contributed by atoms with van der Waals surface area (Å²) in [6, 6.07) is 4.99. The first kappa shape index (κ1) is 13.0. The molecular formula is C13H20FNO. The Labute approximate surface area is 96.8 Å². The van der Waals surface area contributed by atoms with Crippen molar-refractivity contribution in [3.8, 4) is 5.75 Å². The summed E-state index contributed by atoms with van der Waals surface area (Å²) in [6.07, 6.45) is 0.864. The van der Waals surface area contributed by atoms with E-state index in [1.165, 1.54) is 6.07 Å². The number of benzene rings is 1. The van der Waals surface area contributed by atoms with Crippen LogP contribution >= 0.6 is 0 Å². The van der Waals surface area contributed by atoms with Crippen LogP contribution in [-0.4, -0.2) is 19.2 Å². The number of rotatable bonds is 5. The standard InChI is InChI=1S/C13H20FNO/c1-5-13(3,9-15-4)16-11-7-6-10(2)12(14)8-11/h6-8,15H,5,9H2,1-4H3. The monoisotopic (exact) mass is 225 g/mol. The van der Waals surface area contributed by atoms with E-state index < -0.39 is 0 Å². The average molecular weight is 225 g/mol. The molecule has 0 heterocycles. The SMILES string of the molecule is CCC(C)(CNC)Oc1ccc(C)c(F)c1. The van der Waals surface area contributed by atoms with Crippen LogP contribution in [0.4, 0.5) is 4.39 Å². The van der Waals surface area contributed by atoms with Crippen LogP contribution in [0.2, 0.25) is 0 Å². The lowest BCUT2D eigenvalue weighted by molar-refractivity contribution is 0.0854. The number of hydrogen-bond donors (Lipinski definition) is 1. The van der Waals surface area contributed by atoms with Gasteiger partial charge < -0.3 is 10.1 Å². The minimum absolute atomic E-state index is 0.222. The molecule has 0 saturated heterocycles. The summed E-state index contributed by atoms with van der Waals surface area (Å²) in [7, 11) is 1.88. The van der Waals surface area contributed by atoms with Gasteiger partial charge in [-0.1, -0.05) is 13.0 Å². The molecule has 0 aliphatic carbocycles. The highest BCUT2D eigenvalue weighted by atomic mass is 19.1. The minimum atomic E-state index is -0.295. The van der Waals surface area contributed by atoms with Crippen LogP contribution in [0.25, 0.3) is 0 Å². The van der Waals surface area contributed by atoms with Crippen molar-refractivity contribution in [2.75, 3.05) is 13.6 Å². The largest absolute Gasteiger partial charge is 0.486 e. The summed E-state index contributed by atoms with van der Waals surface area (Å²) in [4.78, 5) is 0. The minimum Gasteiger partial charge on any atom is -0.486 e. The fraction of sp³-hybridized carbons (Fsp3) is 0.538. The Morgan fingerprint density at radius 3 is 2.62 bits per heavy atom. The number of hydrogen-bond acceptors (Lipinski definition) is 2. The molecule has 1 N–H and O–H groups in total. The van der Waals surface area contributed by atoms with Gasteiger partial charge in [0.25, 0.3) is 0 Å². The first-order valence-corrected chi connectivity index (χ1v) is 5.60. The number of ether oxygens (including phenoxy) is 1. The lowest BCUT2D eigenvalue weighted by atomic mass is 10.0. The van der Waals surface area contributed by atoms with Crippen molar-refractivity contribution in [1.82, 2.24) is 5.32 Å². The fourth-order valence-electron chi connectivity index (χ4n) is 1.53. The van der Waals surface area contributed by atoms with Gasteiger partial charge in [-0.3, -0.25) is 0 Å². The molecular weight excluding hydrogens is 205 g/mol. The van der Waals surface area contributed by atoms with E-state index in [9.17, 15) is 4.39 Å². The summed E-state index contributed by atoms with van der Waals surface area (Å²) < 4.78 is 19.2. The van der Waals surface area contributed by atoms with Gasteiger partial charge in [-0.05, 0) is 38.9 Å². The van der Waals surface area contributed by atoms with Crippen molar-refractivity contribution >= 4 is 0 Å². The Kier molecular flexibility index (Phi) is 4.30. The van der Waals surface area contributed by atoms with Gasteiger partial charge in [0.1, 0.15) is 17.2 Å². The molecule has 0 bridgehead atoms. The van der Waals surface area contributed by atoms with Gasteiger partial charge in [0.2, 0.25) is 0 Å². The molecule has 3 heteroatoms. The maximum Gasteiger partial charge on any atom is 0.129 e. The third-order valence-corrected chi connectivity index (χ3v) is 2.81. The molecule has 1 unspecified atom stereocenters. The molecule has 0 aromatic heterocycles. The van der Waals surface area contributed by atoms with Crippen molar-refractivity contribution in [3.05, 3.63) is 29.6 Å². The summed E-state index contributed by atoms with van der Waals surface area (Å²) in [5.41, 5.74) is 0.343. The zero-order valence-corrected chi connectivity index (χ0v) is 10.4. The van der Waals surface area contributed by atoms with E-state index in [2.05, 4.69) is 12.2 Å². The van der Waals surface area contributed by atoms with E-state index in [-0.39, 0.29) is 11.4 Å². The van der Waals surface area contributed by atoms with Gasteiger partial charge in [0, 0.05) is 12.6 Å². The Bertz CT molecular complexity index is 354. The second-order valence-electron chi connectivity index (χ2n) is 4.35. The van der Waals surface area contributed by atoms with E-state index >= 15 is 0 Å². The normalized spacial score (nSPS) is 14.6. The maximum absolute atomic E-state index is 13.3. The quantitative estimate of drug-likeness (QED) is 0.832. The van der Waals surface area contributed by atoms with E-state index in [1.807, 2.05) is 20.0 Å². The van der Waals surface area contributed by atoms with E-state index in [0.29, 0.717) is 11.3 Å². The van der Waals surface area contributed by atoms with Crippen molar-refractivity contribution in [2.24, 2.45) is 0 Å². The van der Waals surface area contributed by atoms with E-state index in [1.54, 1.807) is 13.0 Å². The lowest BCUT2D eigenvalue weighted by Gasteiger charge is -2.29. The molecule has 0 saturated carbocycles. The first-order valence-electron chi connectivity index (χ1n) is 5.60. The molecule has 2 nitrogen and oxygen atoms in total. The van der Waals surface area contributed by atoms with Gasteiger partial charge in [-0.25, -0.2) is 4.39 Å². The summed E-state index contributed by atoms with van der Waals surface area (Å²) in [5, 5.41) is 3.09. The number of likely N-dealkylation sites (N-methyl/N-ethyl adjacent to an activating group) is 1. The zero-order valence-electron chi connectivity index (χ0n) is 10.4. The van der Waals surface area contributed by atoms with Crippen LogP contribution < -0.4 is 10.1 Å². The van der Waals surface area contributed by atoms with Crippen LogP contribution in [-0.2, 0) is 0 Å². The van der Waals surface area contributed by atoms with Crippen LogP contribution in [0.15, 0.2) is 18.2 Å². The van der Waals surface area contributed by atoms with Crippen LogP contribution in [0, 0.1) is 12.7 Å². The highest BCUT2D eigenvalue weighted by Crippen LogP contribution is 2.22. The summed E-state index contributed by atoms with van der Waals surface area (Å²) >= 11 is 0. The number of nitrogens with one attached hydrogen (secondary N) is 1. The van der Waals surface area contributed by atoms with Gasteiger partial charge in [0.05, 0.1) is 0 Å². The van der Waals surface area contributed by atoms with Gasteiger partial charge >= 0.3 is 0 Å². The fourth-order valence-corrected chi connectivity index (χ4v) is 1.53. The molecule has 0 amide bonds. The smallest absolute Gasteiger partial charge is 0.129 e. The molecule has 0 aliphatic rings. The van der Waals surface area contributed by atoms with Crippen molar-refractivity contribution < 1.29 is 9.13 Å². The van der Waals surface area contributed by atoms with Crippen molar-refractivity contribution in [3.63, 3.8) is 0 Å². The Hall–Kier alpha value is -1.09. The highest BCUT2D eigenvalue weighted by molar-refractivity contribution is 5.28. The van der Waals surface area contributed by atoms with E-state index in [0.717, 1.165) is 13.0 Å². The zero-order chi connectivity index (χ0) is 12.2. The van der Waals surface area contributed by atoms with Crippen molar-refractivity contribution in [2.45, 2.75) is 32.8 Å². The van der Waals surface area contributed by atoms with Crippen LogP contribution in [0.1, 0.15) is 25.8 Å². The second kappa shape index (κ2) is 5.30. The summed E-state index contributed by atoms with van der Waals surface area (Å²) in [6.45, 7) is 6.55. The molecule has 0 radical (unpaired) electrons. The second-order valence-corrected chi connectivity index (χ2v) is 4.35.